The van der Waals surface area contributed by atoms with Gasteiger partial charge in [0.1, 0.15) is 0 Å². The topological polar surface area (TPSA) is 68.0 Å². The molecule has 1 amide bonds. The van der Waals surface area contributed by atoms with Crippen LogP contribution in [0.4, 0.5) is 5.13 Å². The second kappa shape index (κ2) is 5.07. The zero-order chi connectivity index (χ0) is 13.1. The molecule has 0 saturated carbocycles. The molecule has 3 N–H and O–H groups in total. The van der Waals surface area contributed by atoms with E-state index in [9.17, 15) is 4.79 Å². The highest BCUT2D eigenvalue weighted by atomic mass is 32.1. The number of nitrogens with two attached hydrogens (primary N) is 1. The number of nitrogens with one attached hydrogen (secondary N) is 1. The summed E-state index contributed by atoms with van der Waals surface area (Å²) in [5.74, 6) is 2.36. The lowest BCUT2D eigenvalue weighted by atomic mass is 10.1. The molecule has 1 atom stereocenters. The fraction of sp³-hybridized carbons (Fsp3) is 0.231. The number of fused-ring (bicyclic) bond motifs is 1. The Kier molecular flexibility index (Phi) is 3.49. The number of benzene rings is 1. The molecule has 5 heteroatoms. The van der Waals surface area contributed by atoms with Gasteiger partial charge in [-0.3, -0.25) is 4.79 Å². The number of anilines is 1. The van der Waals surface area contributed by atoms with E-state index in [1.165, 1.54) is 11.3 Å². The molecule has 0 bridgehead atoms. The fourth-order valence-electron chi connectivity index (χ4n) is 1.59. The van der Waals surface area contributed by atoms with Crippen molar-refractivity contribution in [3.05, 3.63) is 23.8 Å². The highest BCUT2D eigenvalue weighted by Gasteiger charge is 2.11. The Morgan fingerprint density at radius 2 is 2.44 bits per heavy atom. The van der Waals surface area contributed by atoms with Crippen LogP contribution in [0.15, 0.2) is 18.2 Å². The smallest absolute Gasteiger partial charge is 0.252 e. The van der Waals surface area contributed by atoms with Gasteiger partial charge in [-0.2, -0.15) is 0 Å². The lowest BCUT2D eigenvalue weighted by Crippen LogP contribution is -2.33. The Bertz CT molecular complexity index is 627. The summed E-state index contributed by atoms with van der Waals surface area (Å²) >= 11 is 1.36. The SMILES string of the molecule is C#CC(CC)NC(=O)c1ccc2nc(N)sc2c1. The lowest BCUT2D eigenvalue weighted by molar-refractivity contribution is 0.0945. The van der Waals surface area contributed by atoms with Crippen LogP contribution in [-0.4, -0.2) is 16.9 Å². The van der Waals surface area contributed by atoms with Crippen LogP contribution in [0.3, 0.4) is 0 Å². The summed E-state index contributed by atoms with van der Waals surface area (Å²) in [6.45, 7) is 1.93. The molecule has 1 aromatic heterocycles. The van der Waals surface area contributed by atoms with Crippen molar-refractivity contribution in [3.8, 4) is 12.3 Å². The molecular formula is C13H13N3OS. The van der Waals surface area contributed by atoms with Gasteiger partial charge in [0, 0.05) is 5.56 Å². The largest absolute Gasteiger partial charge is 0.375 e. The van der Waals surface area contributed by atoms with Gasteiger partial charge in [0.25, 0.3) is 5.91 Å². The van der Waals surface area contributed by atoms with Crippen molar-refractivity contribution in [2.45, 2.75) is 19.4 Å². The number of hydrogen-bond donors (Lipinski definition) is 2. The third-order valence-electron chi connectivity index (χ3n) is 2.58. The number of amides is 1. The summed E-state index contributed by atoms with van der Waals surface area (Å²) in [5.41, 5.74) is 6.99. The van der Waals surface area contributed by atoms with Crippen LogP contribution in [-0.2, 0) is 0 Å². The number of carbonyl (C=O) groups excluding carboxylic acids is 1. The van der Waals surface area contributed by atoms with Gasteiger partial charge < -0.3 is 11.1 Å². The van der Waals surface area contributed by atoms with Crippen molar-refractivity contribution in [2.75, 3.05) is 5.73 Å². The molecule has 0 aliphatic heterocycles. The first-order valence-electron chi connectivity index (χ1n) is 5.57. The zero-order valence-electron chi connectivity index (χ0n) is 9.93. The first kappa shape index (κ1) is 12.4. The Morgan fingerprint density at radius 1 is 1.67 bits per heavy atom. The number of thiazole rings is 1. The van der Waals surface area contributed by atoms with Crippen molar-refractivity contribution >= 4 is 32.6 Å². The van der Waals surface area contributed by atoms with Gasteiger partial charge in [-0.05, 0) is 24.6 Å². The van der Waals surface area contributed by atoms with Gasteiger partial charge in [0.2, 0.25) is 0 Å². The van der Waals surface area contributed by atoms with Crippen LogP contribution in [0, 0.1) is 12.3 Å². The van der Waals surface area contributed by atoms with Gasteiger partial charge >= 0.3 is 0 Å². The molecule has 0 aliphatic rings. The molecule has 0 radical (unpaired) electrons. The van der Waals surface area contributed by atoms with Gasteiger partial charge in [0.15, 0.2) is 5.13 Å². The van der Waals surface area contributed by atoms with Crippen molar-refractivity contribution in [1.82, 2.24) is 10.3 Å². The molecule has 92 valence electrons. The molecule has 0 saturated heterocycles. The third kappa shape index (κ3) is 2.44. The Labute approximate surface area is 109 Å². The van der Waals surface area contributed by atoms with Gasteiger partial charge in [-0.15, -0.1) is 6.42 Å². The molecule has 2 aromatic rings. The standard InChI is InChI=1S/C13H13N3OS/c1-3-9(4-2)15-12(17)8-5-6-10-11(7-8)18-13(14)16-10/h1,5-7,9H,4H2,2H3,(H2,14,16)(H,15,17). The van der Waals surface area contributed by atoms with Crippen molar-refractivity contribution < 1.29 is 4.79 Å². The molecule has 0 aliphatic carbocycles. The van der Waals surface area contributed by atoms with E-state index in [2.05, 4.69) is 16.2 Å². The van der Waals surface area contributed by atoms with Crippen LogP contribution in [0.2, 0.25) is 0 Å². The Balaban J connectivity index is 2.25. The molecular weight excluding hydrogens is 246 g/mol. The summed E-state index contributed by atoms with van der Waals surface area (Å²) in [7, 11) is 0. The van der Waals surface area contributed by atoms with Crippen LogP contribution in [0.5, 0.6) is 0 Å². The lowest BCUT2D eigenvalue weighted by Gasteiger charge is -2.10. The van der Waals surface area contributed by atoms with Gasteiger partial charge in [-0.25, -0.2) is 4.98 Å². The molecule has 2 rings (SSSR count). The van der Waals surface area contributed by atoms with E-state index in [-0.39, 0.29) is 11.9 Å². The summed E-state index contributed by atoms with van der Waals surface area (Å²) in [5, 5.41) is 3.28. The number of nitrogen functional groups attached to an aromatic ring is 1. The van der Waals surface area contributed by atoms with Crippen molar-refractivity contribution in [2.24, 2.45) is 0 Å². The maximum Gasteiger partial charge on any atom is 0.252 e. The predicted octanol–water partition coefficient (Wildman–Crippen LogP) is 2.02. The van der Waals surface area contributed by atoms with Crippen LogP contribution >= 0.6 is 11.3 Å². The van der Waals surface area contributed by atoms with E-state index in [4.69, 9.17) is 12.2 Å². The van der Waals surface area contributed by atoms with Gasteiger partial charge in [0.05, 0.1) is 16.3 Å². The van der Waals surface area contributed by atoms with E-state index in [1.54, 1.807) is 18.2 Å². The minimum Gasteiger partial charge on any atom is -0.375 e. The number of aromatic nitrogens is 1. The maximum absolute atomic E-state index is 12.0. The van der Waals surface area contributed by atoms with Crippen molar-refractivity contribution in [3.63, 3.8) is 0 Å². The maximum atomic E-state index is 12.0. The fourth-order valence-corrected chi connectivity index (χ4v) is 2.36. The average molecular weight is 259 g/mol. The van der Waals surface area contributed by atoms with Crippen LogP contribution in [0.1, 0.15) is 23.7 Å². The van der Waals surface area contributed by atoms with E-state index in [0.29, 0.717) is 17.1 Å². The molecule has 4 nitrogen and oxygen atoms in total. The molecule has 1 heterocycles. The Hall–Kier alpha value is -2.06. The summed E-state index contributed by atoms with van der Waals surface area (Å²) in [6, 6.07) is 5.05. The highest BCUT2D eigenvalue weighted by Crippen LogP contribution is 2.24. The van der Waals surface area contributed by atoms with E-state index >= 15 is 0 Å². The number of hydrogen-bond acceptors (Lipinski definition) is 4. The quantitative estimate of drug-likeness (QED) is 0.829. The number of terminal acetylenes is 1. The second-order valence-corrected chi connectivity index (χ2v) is 4.90. The normalized spacial score (nSPS) is 12.0. The minimum absolute atomic E-state index is 0.173. The van der Waals surface area contributed by atoms with Gasteiger partial charge in [-0.1, -0.05) is 24.2 Å². The molecule has 1 unspecified atom stereocenters. The molecule has 1 aromatic carbocycles. The predicted molar refractivity (Wildman–Crippen MR) is 74.4 cm³/mol. The third-order valence-corrected chi connectivity index (χ3v) is 3.43. The van der Waals surface area contributed by atoms with E-state index in [0.717, 1.165) is 10.2 Å². The van der Waals surface area contributed by atoms with E-state index < -0.39 is 0 Å². The Morgan fingerprint density at radius 3 is 3.11 bits per heavy atom. The summed E-state index contributed by atoms with van der Waals surface area (Å²) in [4.78, 5) is 16.1. The first-order chi connectivity index (χ1) is 8.63. The summed E-state index contributed by atoms with van der Waals surface area (Å²) < 4.78 is 0.897. The number of carbonyl (C=O) groups is 1. The molecule has 0 spiro atoms. The first-order valence-corrected chi connectivity index (χ1v) is 6.38. The summed E-state index contributed by atoms with van der Waals surface area (Å²) in [6.07, 6.45) is 6.02. The molecule has 0 fully saturated rings. The number of rotatable bonds is 3. The zero-order valence-corrected chi connectivity index (χ0v) is 10.8. The van der Waals surface area contributed by atoms with Crippen molar-refractivity contribution in [1.29, 1.82) is 0 Å². The minimum atomic E-state index is -0.236. The van der Waals surface area contributed by atoms with Crippen LogP contribution in [0.25, 0.3) is 10.2 Å². The number of nitrogens with zero attached hydrogens (tertiary/aromatic N) is 1. The van der Waals surface area contributed by atoms with Crippen LogP contribution < -0.4 is 11.1 Å². The average Bonchev–Trinajstić information content (AvgIpc) is 2.74. The monoisotopic (exact) mass is 259 g/mol. The highest BCUT2D eigenvalue weighted by molar-refractivity contribution is 7.22. The second-order valence-electron chi connectivity index (χ2n) is 3.84. The van der Waals surface area contributed by atoms with E-state index in [1.807, 2.05) is 6.92 Å². The molecule has 18 heavy (non-hydrogen) atoms.